The molecule has 0 saturated heterocycles. The first-order valence-corrected chi connectivity index (χ1v) is 11.6. The Balaban J connectivity index is 1.64. The smallest absolute Gasteiger partial charge is 0.346 e. The molecule has 0 saturated carbocycles. The average Bonchev–Trinajstić information content (AvgIpc) is 3.42. The molecule has 0 atom stereocenters. The highest BCUT2D eigenvalue weighted by Gasteiger charge is 2.22. The van der Waals surface area contributed by atoms with E-state index in [1.165, 1.54) is 42.4 Å². The third kappa shape index (κ3) is 3.70. The van der Waals surface area contributed by atoms with Crippen LogP contribution in [0.1, 0.15) is 4.88 Å². The van der Waals surface area contributed by atoms with Crippen LogP contribution in [-0.4, -0.2) is 29.9 Å². The van der Waals surface area contributed by atoms with Gasteiger partial charge in [0.15, 0.2) is 11.5 Å². The van der Waals surface area contributed by atoms with Crippen LogP contribution in [0, 0.1) is 11.3 Å². The molecule has 5 aromatic rings. The molecule has 3 aromatic carbocycles. The quantitative estimate of drug-likeness (QED) is 0.221. The number of fused-ring (bicyclic) bond motifs is 3. The van der Waals surface area contributed by atoms with Gasteiger partial charge in [0.25, 0.3) is 0 Å². The van der Waals surface area contributed by atoms with E-state index in [1.807, 2.05) is 48.5 Å². The minimum absolute atomic E-state index is 0.375. The highest BCUT2D eigenvalue weighted by atomic mass is 32.1. The SMILES string of the molecule is COc1c(/C=C(\C#N)C(=O)O)sc(-c2ccc(-n3c4ccccc4c4ccccc43)cc2)c1OC. The topological polar surface area (TPSA) is 84.5 Å². The number of hydrogen-bond donors (Lipinski definition) is 1. The van der Waals surface area contributed by atoms with E-state index in [2.05, 4.69) is 28.8 Å². The van der Waals surface area contributed by atoms with Crippen LogP contribution >= 0.6 is 11.3 Å². The van der Waals surface area contributed by atoms with E-state index in [0.717, 1.165) is 27.2 Å². The third-order valence-corrected chi connectivity index (χ3v) is 7.00. The summed E-state index contributed by atoms with van der Waals surface area (Å²) in [5.41, 5.74) is 3.79. The van der Waals surface area contributed by atoms with E-state index >= 15 is 0 Å². The van der Waals surface area contributed by atoms with Crippen LogP contribution in [0.25, 0.3) is 44.0 Å². The molecule has 5 rings (SSSR count). The van der Waals surface area contributed by atoms with Crippen LogP contribution in [0.4, 0.5) is 0 Å². The van der Waals surface area contributed by atoms with E-state index in [-0.39, 0.29) is 5.57 Å². The summed E-state index contributed by atoms with van der Waals surface area (Å²) in [6.07, 6.45) is 1.31. The summed E-state index contributed by atoms with van der Waals surface area (Å²) in [6.45, 7) is 0. The van der Waals surface area contributed by atoms with E-state index in [4.69, 9.17) is 9.47 Å². The van der Waals surface area contributed by atoms with Crippen molar-refractivity contribution in [3.05, 3.63) is 83.2 Å². The first-order chi connectivity index (χ1) is 17.1. The minimum atomic E-state index is -1.29. The molecule has 0 aliphatic carbocycles. The van der Waals surface area contributed by atoms with Gasteiger partial charge in [0.2, 0.25) is 0 Å². The lowest BCUT2D eigenvalue weighted by atomic mass is 10.1. The summed E-state index contributed by atoms with van der Waals surface area (Å²) in [5, 5.41) is 20.8. The lowest BCUT2D eigenvalue weighted by Crippen LogP contribution is -1.97. The number of hydrogen-bond acceptors (Lipinski definition) is 5. The van der Waals surface area contributed by atoms with Crippen LogP contribution in [0.5, 0.6) is 11.5 Å². The lowest BCUT2D eigenvalue weighted by Gasteiger charge is -2.10. The fourth-order valence-electron chi connectivity index (χ4n) is 4.32. The van der Waals surface area contributed by atoms with Gasteiger partial charge in [-0.1, -0.05) is 48.5 Å². The molecule has 0 radical (unpaired) electrons. The van der Waals surface area contributed by atoms with Crippen LogP contribution in [0.15, 0.2) is 78.4 Å². The molecule has 0 amide bonds. The summed E-state index contributed by atoms with van der Waals surface area (Å²) < 4.78 is 13.4. The first-order valence-electron chi connectivity index (χ1n) is 10.8. The first kappa shape index (κ1) is 22.3. The number of benzene rings is 3. The zero-order chi connectivity index (χ0) is 24.5. The number of methoxy groups -OCH3 is 2. The Morgan fingerprint density at radius 1 is 0.914 bits per heavy atom. The number of aliphatic carboxylic acids is 1. The van der Waals surface area contributed by atoms with Gasteiger partial charge >= 0.3 is 5.97 Å². The molecule has 0 unspecified atom stereocenters. The largest absolute Gasteiger partial charge is 0.491 e. The number of ether oxygens (including phenoxy) is 2. The number of aromatic nitrogens is 1. The Hall–Kier alpha value is -4.54. The summed E-state index contributed by atoms with van der Waals surface area (Å²) in [7, 11) is 3.03. The van der Waals surface area contributed by atoms with Crippen molar-refractivity contribution < 1.29 is 19.4 Å². The van der Waals surface area contributed by atoms with Gasteiger partial charge in [-0.05, 0) is 35.9 Å². The number of rotatable bonds is 6. The van der Waals surface area contributed by atoms with Crippen LogP contribution < -0.4 is 9.47 Å². The number of carboxylic acid groups (broad SMARTS) is 1. The summed E-state index contributed by atoms with van der Waals surface area (Å²) in [4.78, 5) is 12.6. The average molecular weight is 481 g/mol. The molecular weight excluding hydrogens is 460 g/mol. The molecule has 7 heteroatoms. The molecule has 0 aliphatic rings. The molecule has 6 nitrogen and oxygen atoms in total. The van der Waals surface area contributed by atoms with E-state index in [9.17, 15) is 15.2 Å². The van der Waals surface area contributed by atoms with Crippen LogP contribution in [-0.2, 0) is 4.79 Å². The predicted molar refractivity (Wildman–Crippen MR) is 138 cm³/mol. The zero-order valence-electron chi connectivity index (χ0n) is 19.0. The highest BCUT2D eigenvalue weighted by molar-refractivity contribution is 7.17. The summed E-state index contributed by atoms with van der Waals surface area (Å²) >= 11 is 1.31. The zero-order valence-corrected chi connectivity index (χ0v) is 19.8. The van der Waals surface area contributed by atoms with Crippen LogP contribution in [0.2, 0.25) is 0 Å². The maximum absolute atomic E-state index is 11.3. The highest BCUT2D eigenvalue weighted by Crippen LogP contribution is 2.48. The second-order valence-corrected chi connectivity index (χ2v) is 8.81. The normalized spacial score (nSPS) is 11.5. The van der Waals surface area contributed by atoms with Gasteiger partial charge in [-0.2, -0.15) is 5.26 Å². The third-order valence-electron chi connectivity index (χ3n) is 5.85. The lowest BCUT2D eigenvalue weighted by molar-refractivity contribution is -0.132. The van der Waals surface area contributed by atoms with Gasteiger partial charge in [-0.3, -0.25) is 0 Å². The Morgan fingerprint density at radius 3 is 2.00 bits per heavy atom. The van der Waals surface area contributed by atoms with Crippen molar-refractivity contribution in [2.45, 2.75) is 0 Å². The molecule has 0 bridgehead atoms. The summed E-state index contributed by atoms with van der Waals surface area (Å²) in [6, 6.07) is 26.5. The van der Waals surface area contributed by atoms with Gasteiger partial charge in [-0.15, -0.1) is 11.3 Å². The van der Waals surface area contributed by atoms with Gasteiger partial charge in [0.1, 0.15) is 11.6 Å². The predicted octanol–water partition coefficient (Wildman–Crippen LogP) is 6.52. The Kier molecular flexibility index (Phi) is 5.73. The fourth-order valence-corrected chi connectivity index (χ4v) is 5.50. The fraction of sp³-hybridized carbons (Fsp3) is 0.0714. The van der Waals surface area contributed by atoms with Gasteiger partial charge in [0, 0.05) is 16.5 Å². The number of nitriles is 1. The second kappa shape index (κ2) is 9.01. The molecule has 2 aromatic heterocycles. The molecule has 35 heavy (non-hydrogen) atoms. The van der Waals surface area contributed by atoms with Crippen molar-refractivity contribution in [2.75, 3.05) is 14.2 Å². The Labute approximate surface area is 205 Å². The van der Waals surface area contributed by atoms with Gasteiger partial charge in [0.05, 0.1) is 35.0 Å². The standard InChI is InChI=1S/C28H20N2O4S/c1-33-25-24(15-18(16-29)28(31)32)35-27(26(25)34-2)17-11-13-19(14-12-17)30-22-9-5-3-7-20(22)21-8-4-6-10-23(21)30/h3-15H,1-2H3,(H,31,32)/b18-15+. The number of thiophene rings is 1. The maximum atomic E-state index is 11.3. The van der Waals surface area contributed by atoms with Crippen LogP contribution in [0.3, 0.4) is 0 Å². The molecule has 0 aliphatic heterocycles. The second-order valence-electron chi connectivity index (χ2n) is 7.75. The molecule has 1 N–H and O–H groups in total. The Bertz CT molecular complexity index is 1600. The van der Waals surface area contributed by atoms with E-state index in [1.54, 1.807) is 6.07 Å². The number of para-hydroxylation sites is 2. The summed E-state index contributed by atoms with van der Waals surface area (Å²) in [5.74, 6) is -0.400. The van der Waals surface area contributed by atoms with Crippen molar-refractivity contribution in [1.82, 2.24) is 4.57 Å². The maximum Gasteiger partial charge on any atom is 0.346 e. The molecule has 172 valence electrons. The van der Waals surface area contributed by atoms with Crippen molar-refractivity contribution >= 4 is 45.2 Å². The van der Waals surface area contributed by atoms with Gasteiger partial charge < -0.3 is 19.1 Å². The van der Waals surface area contributed by atoms with Gasteiger partial charge in [-0.25, -0.2) is 4.79 Å². The monoisotopic (exact) mass is 480 g/mol. The Morgan fingerprint density at radius 2 is 1.49 bits per heavy atom. The van der Waals surface area contributed by atoms with Crippen molar-refractivity contribution in [2.24, 2.45) is 0 Å². The minimum Gasteiger partial charge on any atom is -0.491 e. The number of nitrogens with zero attached hydrogens (tertiary/aromatic N) is 2. The van der Waals surface area contributed by atoms with Crippen molar-refractivity contribution in [3.63, 3.8) is 0 Å². The number of carbonyl (C=O) groups is 1. The molecule has 0 fully saturated rings. The van der Waals surface area contributed by atoms with Crippen molar-refractivity contribution in [3.8, 4) is 33.7 Å². The molecule has 0 spiro atoms. The van der Waals surface area contributed by atoms with E-state index < -0.39 is 5.97 Å². The molecule has 2 heterocycles. The van der Waals surface area contributed by atoms with E-state index in [0.29, 0.717) is 16.4 Å². The molecular formula is C28H20N2O4S. The number of carboxylic acids is 1. The van der Waals surface area contributed by atoms with Crippen molar-refractivity contribution in [1.29, 1.82) is 5.26 Å².